The number of fused-ring (bicyclic) bond motifs is 1. The van der Waals surface area contributed by atoms with E-state index in [0.717, 1.165) is 30.6 Å². The Bertz CT molecular complexity index is 949. The van der Waals surface area contributed by atoms with Crippen LogP contribution in [-0.4, -0.2) is 18.0 Å². The van der Waals surface area contributed by atoms with Crippen LogP contribution in [0.1, 0.15) is 42.2 Å². The fourth-order valence-corrected chi connectivity index (χ4v) is 3.83. The van der Waals surface area contributed by atoms with Crippen molar-refractivity contribution in [2.24, 2.45) is 0 Å². The highest BCUT2D eigenvalue weighted by Crippen LogP contribution is 2.35. The molecule has 1 aliphatic carbocycles. The summed E-state index contributed by atoms with van der Waals surface area (Å²) in [5.41, 5.74) is 3.54. The third-order valence-electron chi connectivity index (χ3n) is 5.27. The lowest BCUT2D eigenvalue weighted by Gasteiger charge is -2.25. The predicted molar refractivity (Wildman–Crippen MR) is 107 cm³/mol. The molecule has 0 bridgehead atoms. The molecule has 28 heavy (non-hydrogen) atoms. The molecule has 1 aliphatic rings. The molecule has 0 radical (unpaired) electrons. The number of oxazole rings is 1. The highest BCUT2D eigenvalue weighted by Gasteiger charge is 2.23. The van der Waals surface area contributed by atoms with Gasteiger partial charge in [0.25, 0.3) is 0 Å². The number of carbonyl (C=O) groups is 1. The first-order valence-electron chi connectivity index (χ1n) is 9.66. The number of ether oxygens (including phenoxy) is 1. The van der Waals surface area contributed by atoms with Gasteiger partial charge in [0.05, 0.1) is 19.9 Å². The normalized spacial score (nSPS) is 15.7. The van der Waals surface area contributed by atoms with E-state index >= 15 is 0 Å². The molecular formula is C23H24N2O3. The smallest absolute Gasteiger partial charge is 0.221 e. The van der Waals surface area contributed by atoms with Gasteiger partial charge in [-0.2, -0.15) is 0 Å². The number of rotatable bonds is 6. The van der Waals surface area contributed by atoms with Crippen molar-refractivity contribution in [3.8, 4) is 17.1 Å². The van der Waals surface area contributed by atoms with Crippen LogP contribution in [-0.2, 0) is 17.8 Å². The molecule has 3 aromatic rings. The molecule has 0 saturated heterocycles. The van der Waals surface area contributed by atoms with Crippen LogP contribution < -0.4 is 10.1 Å². The Morgan fingerprint density at radius 3 is 2.93 bits per heavy atom. The molecular weight excluding hydrogens is 352 g/mol. The summed E-state index contributed by atoms with van der Waals surface area (Å²) in [5.74, 6) is 2.37. The molecule has 1 atom stereocenters. The van der Waals surface area contributed by atoms with Crippen molar-refractivity contribution in [2.45, 2.75) is 38.1 Å². The Balaban J connectivity index is 1.35. The Labute approximate surface area is 164 Å². The Morgan fingerprint density at radius 2 is 2.11 bits per heavy atom. The van der Waals surface area contributed by atoms with Crippen LogP contribution in [0.15, 0.2) is 59.1 Å². The minimum Gasteiger partial charge on any atom is -0.497 e. The maximum Gasteiger partial charge on any atom is 0.221 e. The second kappa shape index (κ2) is 8.30. The summed E-state index contributed by atoms with van der Waals surface area (Å²) in [6, 6.07) is 16.0. The Hall–Kier alpha value is -3.08. The van der Waals surface area contributed by atoms with Gasteiger partial charge in [0, 0.05) is 12.0 Å². The van der Waals surface area contributed by atoms with E-state index in [9.17, 15) is 4.79 Å². The number of aryl methyl sites for hydroxylation is 1. The van der Waals surface area contributed by atoms with Gasteiger partial charge < -0.3 is 14.5 Å². The number of carbonyl (C=O) groups excluding carboxylic acids is 1. The van der Waals surface area contributed by atoms with Crippen LogP contribution in [0.2, 0.25) is 0 Å². The quantitative estimate of drug-likeness (QED) is 0.689. The van der Waals surface area contributed by atoms with Crippen molar-refractivity contribution in [3.63, 3.8) is 0 Å². The Kier molecular flexibility index (Phi) is 5.42. The van der Waals surface area contributed by atoms with E-state index in [1.807, 2.05) is 36.4 Å². The van der Waals surface area contributed by atoms with Gasteiger partial charge in [-0.3, -0.25) is 4.79 Å². The number of benzene rings is 2. The average molecular weight is 376 g/mol. The Morgan fingerprint density at radius 1 is 1.25 bits per heavy atom. The molecule has 144 valence electrons. The van der Waals surface area contributed by atoms with Crippen LogP contribution >= 0.6 is 0 Å². The van der Waals surface area contributed by atoms with Crippen LogP contribution in [0.5, 0.6) is 5.75 Å². The van der Waals surface area contributed by atoms with Crippen molar-refractivity contribution < 1.29 is 13.9 Å². The summed E-state index contributed by atoms with van der Waals surface area (Å²) in [4.78, 5) is 16.8. The highest BCUT2D eigenvalue weighted by molar-refractivity contribution is 5.77. The molecule has 1 N–H and O–H groups in total. The number of hydrogen-bond acceptors (Lipinski definition) is 4. The maximum absolute atomic E-state index is 12.5. The zero-order valence-electron chi connectivity index (χ0n) is 16.0. The van der Waals surface area contributed by atoms with E-state index in [1.54, 1.807) is 13.3 Å². The van der Waals surface area contributed by atoms with Gasteiger partial charge in [0.2, 0.25) is 11.8 Å². The average Bonchev–Trinajstić information content (AvgIpc) is 3.22. The summed E-state index contributed by atoms with van der Waals surface area (Å²) < 4.78 is 11.1. The molecule has 1 unspecified atom stereocenters. The third-order valence-corrected chi connectivity index (χ3v) is 5.27. The van der Waals surface area contributed by atoms with Crippen molar-refractivity contribution >= 4 is 5.91 Å². The van der Waals surface area contributed by atoms with Gasteiger partial charge in [-0.25, -0.2) is 4.98 Å². The fraction of sp³-hybridized carbons (Fsp3) is 0.304. The van der Waals surface area contributed by atoms with Crippen molar-refractivity contribution in [2.75, 3.05) is 7.11 Å². The summed E-state index contributed by atoms with van der Waals surface area (Å²) >= 11 is 0. The van der Waals surface area contributed by atoms with Gasteiger partial charge in [-0.1, -0.05) is 36.4 Å². The number of hydrogen-bond donors (Lipinski definition) is 1. The third kappa shape index (κ3) is 4.09. The lowest BCUT2D eigenvalue weighted by molar-refractivity contribution is -0.121. The lowest BCUT2D eigenvalue weighted by Crippen LogP contribution is -2.26. The summed E-state index contributed by atoms with van der Waals surface area (Å²) in [7, 11) is 1.68. The minimum atomic E-state index is 0.0214. The van der Waals surface area contributed by atoms with Crippen LogP contribution in [0.25, 0.3) is 11.3 Å². The first kappa shape index (κ1) is 18.3. The topological polar surface area (TPSA) is 64.4 Å². The van der Waals surface area contributed by atoms with Crippen LogP contribution in [0.3, 0.4) is 0 Å². The first-order chi connectivity index (χ1) is 13.7. The zero-order valence-corrected chi connectivity index (χ0v) is 16.0. The predicted octanol–water partition coefficient (Wildman–Crippen LogP) is 4.48. The van der Waals surface area contributed by atoms with Gasteiger partial charge in [-0.15, -0.1) is 0 Å². The van der Waals surface area contributed by atoms with E-state index in [0.29, 0.717) is 24.6 Å². The number of nitrogens with one attached hydrogen (secondary N) is 1. The zero-order chi connectivity index (χ0) is 19.3. The minimum absolute atomic E-state index is 0.0214. The van der Waals surface area contributed by atoms with E-state index in [4.69, 9.17) is 9.15 Å². The second-order valence-corrected chi connectivity index (χ2v) is 7.12. The van der Waals surface area contributed by atoms with E-state index < -0.39 is 0 Å². The summed E-state index contributed by atoms with van der Waals surface area (Å²) in [6.45, 7) is 0.299. The molecule has 0 saturated carbocycles. The lowest BCUT2D eigenvalue weighted by atomic mass is 9.81. The molecule has 5 heteroatoms. The molecule has 0 spiro atoms. The van der Waals surface area contributed by atoms with E-state index in [2.05, 4.69) is 22.4 Å². The van der Waals surface area contributed by atoms with Crippen LogP contribution in [0.4, 0.5) is 0 Å². The fourth-order valence-electron chi connectivity index (χ4n) is 3.83. The van der Waals surface area contributed by atoms with Crippen molar-refractivity contribution in [1.29, 1.82) is 0 Å². The molecule has 1 amide bonds. The SMILES string of the molecule is COc1ccc2c(c1)CCCC2CC(=O)NCc1ncc(-c2ccccc2)o1. The number of methoxy groups -OCH3 is 1. The standard InChI is InChI=1S/C23H24N2O3/c1-27-19-10-11-20-17(12-19)8-5-9-18(20)13-22(26)24-15-23-25-14-21(28-23)16-6-3-2-4-7-16/h2-4,6-7,10-12,14,18H,5,8-9,13,15H2,1H3,(H,24,26). The largest absolute Gasteiger partial charge is 0.497 e. The molecule has 1 aromatic heterocycles. The summed E-state index contributed by atoms with van der Waals surface area (Å²) in [6.07, 6.45) is 5.35. The van der Waals surface area contributed by atoms with Crippen LogP contribution in [0, 0.1) is 0 Å². The van der Waals surface area contributed by atoms with Gasteiger partial charge >= 0.3 is 0 Å². The van der Waals surface area contributed by atoms with Gasteiger partial charge in [0.1, 0.15) is 5.75 Å². The molecule has 1 heterocycles. The molecule has 2 aromatic carbocycles. The molecule has 5 nitrogen and oxygen atoms in total. The van der Waals surface area contributed by atoms with E-state index in [-0.39, 0.29) is 11.8 Å². The van der Waals surface area contributed by atoms with E-state index in [1.165, 1.54) is 11.1 Å². The molecule has 0 fully saturated rings. The van der Waals surface area contributed by atoms with Crippen molar-refractivity contribution in [3.05, 3.63) is 71.7 Å². The molecule has 4 rings (SSSR count). The number of nitrogens with zero attached hydrogens (tertiary/aromatic N) is 1. The maximum atomic E-state index is 12.5. The monoisotopic (exact) mass is 376 g/mol. The number of amides is 1. The second-order valence-electron chi connectivity index (χ2n) is 7.12. The van der Waals surface area contributed by atoms with Gasteiger partial charge in [-0.05, 0) is 48.4 Å². The number of aromatic nitrogens is 1. The molecule has 0 aliphatic heterocycles. The van der Waals surface area contributed by atoms with Gasteiger partial charge in [0.15, 0.2) is 5.76 Å². The summed E-state index contributed by atoms with van der Waals surface area (Å²) in [5, 5.41) is 2.94. The highest BCUT2D eigenvalue weighted by atomic mass is 16.5. The first-order valence-corrected chi connectivity index (χ1v) is 9.66. The van der Waals surface area contributed by atoms with Crippen molar-refractivity contribution in [1.82, 2.24) is 10.3 Å².